The van der Waals surface area contributed by atoms with Gasteiger partial charge >= 0.3 is 0 Å². The van der Waals surface area contributed by atoms with E-state index in [1.54, 1.807) is 0 Å². The Morgan fingerprint density at radius 3 is 2.57 bits per heavy atom. The van der Waals surface area contributed by atoms with E-state index in [2.05, 4.69) is 32.3 Å². The smallest absolute Gasteiger partial charge is 0.234 e. The maximum atomic E-state index is 12.4. The summed E-state index contributed by atoms with van der Waals surface area (Å²) in [6, 6.07) is 16.0. The largest absolute Gasteiger partial charge is 0.372 e. The number of fused-ring (bicyclic) bond motifs is 1. The number of anilines is 2. The number of hydrogen-bond acceptors (Lipinski definition) is 5. The van der Waals surface area contributed by atoms with Crippen LogP contribution >= 0.6 is 11.8 Å². The van der Waals surface area contributed by atoms with Crippen molar-refractivity contribution in [3.8, 4) is 0 Å². The van der Waals surface area contributed by atoms with Crippen LogP contribution in [0.3, 0.4) is 0 Å². The summed E-state index contributed by atoms with van der Waals surface area (Å²) in [7, 11) is 0. The zero-order valence-corrected chi connectivity index (χ0v) is 16.8. The Morgan fingerprint density at radius 1 is 1.04 bits per heavy atom. The van der Waals surface area contributed by atoms with E-state index >= 15 is 0 Å². The fourth-order valence-electron chi connectivity index (χ4n) is 3.51. The van der Waals surface area contributed by atoms with E-state index in [-0.39, 0.29) is 5.91 Å². The van der Waals surface area contributed by atoms with Crippen LogP contribution in [0.1, 0.15) is 25.1 Å². The number of hydrogen-bond donors (Lipinski definition) is 1. The zero-order chi connectivity index (χ0) is 19.3. The number of nitrogens with one attached hydrogen (secondary N) is 1. The van der Waals surface area contributed by atoms with Gasteiger partial charge in [-0.2, -0.15) is 0 Å². The number of aryl methyl sites for hydroxylation is 1. The van der Waals surface area contributed by atoms with Gasteiger partial charge in [-0.05, 0) is 56.5 Å². The van der Waals surface area contributed by atoms with Crippen molar-refractivity contribution in [2.45, 2.75) is 31.2 Å². The molecule has 0 saturated carbocycles. The molecule has 144 valence electrons. The lowest BCUT2D eigenvalue weighted by Gasteiger charge is -2.28. The number of nitrogens with zero attached hydrogens (tertiary/aromatic N) is 3. The molecule has 0 bridgehead atoms. The number of benzene rings is 2. The molecule has 0 spiro atoms. The average Bonchev–Trinajstić information content (AvgIpc) is 2.73. The van der Waals surface area contributed by atoms with Crippen LogP contribution in [0.15, 0.2) is 53.6 Å². The summed E-state index contributed by atoms with van der Waals surface area (Å²) < 4.78 is 0. The highest BCUT2D eigenvalue weighted by Gasteiger charge is 2.12. The van der Waals surface area contributed by atoms with Crippen molar-refractivity contribution < 1.29 is 4.79 Å². The van der Waals surface area contributed by atoms with Gasteiger partial charge < -0.3 is 10.2 Å². The van der Waals surface area contributed by atoms with E-state index in [0.717, 1.165) is 40.5 Å². The number of carbonyl (C=O) groups excluding carboxylic acids is 1. The second-order valence-corrected chi connectivity index (χ2v) is 7.99. The molecule has 2 aromatic carbocycles. The van der Waals surface area contributed by atoms with Crippen molar-refractivity contribution in [3.63, 3.8) is 0 Å². The van der Waals surface area contributed by atoms with Crippen LogP contribution in [0.5, 0.6) is 0 Å². The molecule has 1 N–H and O–H groups in total. The van der Waals surface area contributed by atoms with Crippen LogP contribution in [-0.2, 0) is 4.79 Å². The SMILES string of the molecule is Cc1nc(SCC(=O)Nc2ccc(N3CCCCC3)cc2)c2ccccc2n1. The molecule has 0 radical (unpaired) electrons. The molecule has 0 unspecified atom stereocenters. The Kier molecular flexibility index (Phi) is 5.76. The minimum absolute atomic E-state index is 0.0314. The second-order valence-electron chi connectivity index (χ2n) is 7.02. The van der Waals surface area contributed by atoms with Gasteiger partial charge in [0.2, 0.25) is 5.91 Å². The molecule has 2 heterocycles. The van der Waals surface area contributed by atoms with Gasteiger partial charge in [0.15, 0.2) is 0 Å². The van der Waals surface area contributed by atoms with Crippen molar-refractivity contribution in [3.05, 3.63) is 54.4 Å². The van der Waals surface area contributed by atoms with E-state index in [1.807, 2.05) is 43.3 Å². The predicted molar refractivity (Wildman–Crippen MR) is 116 cm³/mol. The molecule has 6 heteroatoms. The van der Waals surface area contributed by atoms with Gasteiger partial charge in [0.25, 0.3) is 0 Å². The zero-order valence-electron chi connectivity index (χ0n) is 16.0. The van der Waals surface area contributed by atoms with Gasteiger partial charge in [-0.15, -0.1) is 0 Å². The molecule has 1 fully saturated rings. The van der Waals surface area contributed by atoms with Crippen LogP contribution in [-0.4, -0.2) is 34.7 Å². The normalized spacial score (nSPS) is 14.2. The number of carbonyl (C=O) groups is 1. The Bertz CT molecular complexity index is 968. The molecule has 1 aromatic heterocycles. The summed E-state index contributed by atoms with van der Waals surface area (Å²) in [5, 5.41) is 4.81. The highest BCUT2D eigenvalue weighted by atomic mass is 32.2. The maximum absolute atomic E-state index is 12.4. The molecule has 1 aliphatic heterocycles. The van der Waals surface area contributed by atoms with Crippen molar-refractivity contribution in [1.29, 1.82) is 0 Å². The number of para-hydroxylation sites is 1. The van der Waals surface area contributed by atoms with E-state index < -0.39 is 0 Å². The van der Waals surface area contributed by atoms with Gasteiger partial charge in [-0.1, -0.05) is 30.0 Å². The fraction of sp³-hybridized carbons (Fsp3) is 0.318. The molecule has 0 aliphatic carbocycles. The monoisotopic (exact) mass is 392 g/mol. The molecule has 1 aliphatic rings. The van der Waals surface area contributed by atoms with Crippen LogP contribution in [0, 0.1) is 6.92 Å². The third-order valence-corrected chi connectivity index (χ3v) is 5.88. The second kappa shape index (κ2) is 8.61. The highest BCUT2D eigenvalue weighted by Crippen LogP contribution is 2.26. The summed E-state index contributed by atoms with van der Waals surface area (Å²) in [6.45, 7) is 4.11. The van der Waals surface area contributed by atoms with Gasteiger partial charge in [-0.3, -0.25) is 4.79 Å². The lowest BCUT2D eigenvalue weighted by molar-refractivity contribution is -0.113. The Morgan fingerprint density at radius 2 is 1.79 bits per heavy atom. The molecule has 5 nitrogen and oxygen atoms in total. The molecule has 0 atom stereocenters. The van der Waals surface area contributed by atoms with Crippen molar-refractivity contribution in [2.75, 3.05) is 29.1 Å². The first kappa shape index (κ1) is 18.7. The summed E-state index contributed by atoms with van der Waals surface area (Å²) in [5.74, 6) is 1.000. The van der Waals surface area contributed by atoms with E-state index in [0.29, 0.717) is 5.75 Å². The van der Waals surface area contributed by atoms with Gasteiger partial charge in [0, 0.05) is 29.9 Å². The quantitative estimate of drug-likeness (QED) is 0.505. The Balaban J connectivity index is 1.37. The minimum atomic E-state index is -0.0314. The Hall–Kier alpha value is -2.60. The molecule has 1 saturated heterocycles. The van der Waals surface area contributed by atoms with Crippen LogP contribution in [0.2, 0.25) is 0 Å². The summed E-state index contributed by atoms with van der Waals surface area (Å²) in [4.78, 5) is 23.8. The van der Waals surface area contributed by atoms with E-state index in [4.69, 9.17) is 0 Å². The molecular weight excluding hydrogens is 368 g/mol. The van der Waals surface area contributed by atoms with Crippen molar-refractivity contribution in [1.82, 2.24) is 9.97 Å². The summed E-state index contributed by atoms with van der Waals surface area (Å²) in [6.07, 6.45) is 3.84. The number of piperidine rings is 1. The lowest BCUT2D eigenvalue weighted by Crippen LogP contribution is -2.29. The van der Waals surface area contributed by atoms with E-state index in [9.17, 15) is 4.79 Å². The first-order chi connectivity index (χ1) is 13.7. The molecular formula is C22H24N4OS. The van der Waals surface area contributed by atoms with Crippen molar-refractivity contribution >= 4 is 39.9 Å². The van der Waals surface area contributed by atoms with Gasteiger partial charge in [-0.25, -0.2) is 9.97 Å². The fourth-order valence-corrected chi connectivity index (χ4v) is 4.37. The number of amides is 1. The number of thioether (sulfide) groups is 1. The third kappa shape index (κ3) is 4.44. The summed E-state index contributed by atoms with van der Waals surface area (Å²) >= 11 is 1.45. The first-order valence-electron chi connectivity index (χ1n) is 9.70. The first-order valence-corrected chi connectivity index (χ1v) is 10.7. The maximum Gasteiger partial charge on any atom is 0.234 e. The number of aromatic nitrogens is 2. The minimum Gasteiger partial charge on any atom is -0.372 e. The predicted octanol–water partition coefficient (Wildman–Crippen LogP) is 4.66. The van der Waals surface area contributed by atoms with Crippen LogP contribution in [0.25, 0.3) is 10.9 Å². The topological polar surface area (TPSA) is 58.1 Å². The molecule has 3 aromatic rings. The molecule has 4 rings (SSSR count). The molecule has 28 heavy (non-hydrogen) atoms. The van der Waals surface area contributed by atoms with Crippen LogP contribution in [0.4, 0.5) is 11.4 Å². The van der Waals surface area contributed by atoms with Gasteiger partial charge in [0.1, 0.15) is 10.9 Å². The average molecular weight is 393 g/mol. The standard InChI is InChI=1S/C22H24N4OS/c1-16-23-20-8-4-3-7-19(20)22(24-16)28-15-21(27)25-17-9-11-18(12-10-17)26-13-5-2-6-14-26/h3-4,7-12H,2,5-6,13-15H2,1H3,(H,25,27). The van der Waals surface area contributed by atoms with Crippen molar-refractivity contribution in [2.24, 2.45) is 0 Å². The lowest BCUT2D eigenvalue weighted by atomic mass is 10.1. The van der Waals surface area contributed by atoms with Gasteiger partial charge in [0.05, 0.1) is 11.3 Å². The summed E-state index contributed by atoms with van der Waals surface area (Å²) in [5.41, 5.74) is 2.97. The Labute approximate surface area is 169 Å². The van der Waals surface area contributed by atoms with E-state index in [1.165, 1.54) is 36.7 Å². The number of rotatable bonds is 5. The molecule has 1 amide bonds. The third-order valence-electron chi connectivity index (χ3n) is 4.89. The van der Waals surface area contributed by atoms with Crippen LogP contribution < -0.4 is 10.2 Å². The highest BCUT2D eigenvalue weighted by molar-refractivity contribution is 8.00.